The predicted molar refractivity (Wildman–Crippen MR) is 71.2 cm³/mol. The van der Waals surface area contributed by atoms with Gasteiger partial charge in [-0.3, -0.25) is 0 Å². The third-order valence-electron chi connectivity index (χ3n) is 2.51. The van der Waals surface area contributed by atoms with Gasteiger partial charge >= 0.3 is 0 Å². The minimum absolute atomic E-state index is 0.498. The smallest absolute Gasteiger partial charge is 0.123 e. The first kappa shape index (κ1) is 11.1. The Bertz CT molecular complexity index is 474. The molecule has 0 bridgehead atoms. The van der Waals surface area contributed by atoms with Crippen molar-refractivity contribution in [2.24, 2.45) is 0 Å². The summed E-state index contributed by atoms with van der Waals surface area (Å²) in [6, 6.07) is 8.34. The number of benzene rings is 1. The molecule has 3 heteroatoms. The van der Waals surface area contributed by atoms with Gasteiger partial charge in [-0.2, -0.15) is 0 Å². The number of hydrogen-bond acceptors (Lipinski definition) is 3. The molecule has 0 unspecified atom stereocenters. The van der Waals surface area contributed by atoms with E-state index in [1.807, 2.05) is 7.05 Å². The molecule has 0 saturated heterocycles. The Morgan fingerprint density at radius 1 is 1.31 bits per heavy atom. The van der Waals surface area contributed by atoms with Crippen LogP contribution in [0.1, 0.15) is 25.5 Å². The van der Waals surface area contributed by atoms with E-state index in [1.165, 1.54) is 11.3 Å². The largest absolute Gasteiger partial charge is 0.388 e. The van der Waals surface area contributed by atoms with Gasteiger partial charge in [-0.25, -0.2) is 4.98 Å². The zero-order chi connectivity index (χ0) is 11.5. The fourth-order valence-electron chi connectivity index (χ4n) is 1.49. The Balaban J connectivity index is 2.34. The van der Waals surface area contributed by atoms with Gasteiger partial charge in [0.25, 0.3) is 0 Å². The van der Waals surface area contributed by atoms with E-state index in [0.29, 0.717) is 5.92 Å². The molecule has 2 nitrogen and oxygen atoms in total. The van der Waals surface area contributed by atoms with Gasteiger partial charge in [-0.05, 0) is 18.1 Å². The SMILES string of the molecule is CNc1cccc(-c2nc(C(C)C)cs2)c1. The van der Waals surface area contributed by atoms with E-state index in [1.54, 1.807) is 11.3 Å². The average Bonchev–Trinajstić information content (AvgIpc) is 2.78. The van der Waals surface area contributed by atoms with Crippen LogP contribution in [-0.2, 0) is 0 Å². The topological polar surface area (TPSA) is 24.9 Å². The lowest BCUT2D eigenvalue weighted by atomic mass is 10.1. The van der Waals surface area contributed by atoms with Gasteiger partial charge in [0.15, 0.2) is 0 Å². The van der Waals surface area contributed by atoms with Crippen molar-refractivity contribution in [3.63, 3.8) is 0 Å². The van der Waals surface area contributed by atoms with Crippen molar-refractivity contribution < 1.29 is 0 Å². The van der Waals surface area contributed by atoms with Gasteiger partial charge in [0.05, 0.1) is 5.69 Å². The molecular formula is C13H16N2S. The average molecular weight is 232 g/mol. The number of thiazole rings is 1. The first-order valence-electron chi connectivity index (χ1n) is 5.44. The summed E-state index contributed by atoms with van der Waals surface area (Å²) in [6.07, 6.45) is 0. The number of nitrogens with one attached hydrogen (secondary N) is 1. The quantitative estimate of drug-likeness (QED) is 0.866. The van der Waals surface area contributed by atoms with Gasteiger partial charge < -0.3 is 5.32 Å². The third kappa shape index (κ3) is 2.25. The van der Waals surface area contributed by atoms with E-state index in [4.69, 9.17) is 0 Å². The summed E-state index contributed by atoms with van der Waals surface area (Å²) in [5.74, 6) is 0.498. The number of hydrogen-bond donors (Lipinski definition) is 1. The zero-order valence-electron chi connectivity index (χ0n) is 9.82. The van der Waals surface area contributed by atoms with E-state index in [9.17, 15) is 0 Å². The summed E-state index contributed by atoms with van der Waals surface area (Å²) < 4.78 is 0. The van der Waals surface area contributed by atoms with Crippen LogP contribution in [-0.4, -0.2) is 12.0 Å². The molecule has 1 N–H and O–H groups in total. The molecule has 1 aromatic heterocycles. The zero-order valence-corrected chi connectivity index (χ0v) is 10.6. The second-order valence-electron chi connectivity index (χ2n) is 4.06. The van der Waals surface area contributed by atoms with Crippen molar-refractivity contribution in [1.82, 2.24) is 4.98 Å². The molecule has 0 aliphatic carbocycles. The van der Waals surface area contributed by atoms with Gasteiger partial charge in [0.2, 0.25) is 0 Å². The standard InChI is InChI=1S/C13H16N2S/c1-9(2)12-8-16-13(15-12)10-5-4-6-11(7-10)14-3/h4-9,14H,1-3H3. The summed E-state index contributed by atoms with van der Waals surface area (Å²) in [6.45, 7) is 4.34. The molecule has 0 amide bonds. The Labute approximate surface area is 100 Å². The lowest BCUT2D eigenvalue weighted by Crippen LogP contribution is -1.89. The molecule has 0 fully saturated rings. The summed E-state index contributed by atoms with van der Waals surface area (Å²) in [5, 5.41) is 6.39. The van der Waals surface area contributed by atoms with Gasteiger partial charge in [-0.1, -0.05) is 26.0 Å². The Hall–Kier alpha value is -1.35. The number of nitrogens with zero attached hydrogens (tertiary/aromatic N) is 1. The van der Waals surface area contributed by atoms with Crippen molar-refractivity contribution in [3.05, 3.63) is 35.3 Å². The Morgan fingerprint density at radius 3 is 2.75 bits per heavy atom. The van der Waals surface area contributed by atoms with Crippen LogP contribution in [0.2, 0.25) is 0 Å². The molecule has 0 spiro atoms. The molecule has 84 valence electrons. The van der Waals surface area contributed by atoms with Crippen LogP contribution >= 0.6 is 11.3 Å². The molecule has 0 atom stereocenters. The Kier molecular flexibility index (Phi) is 3.25. The molecule has 1 heterocycles. The van der Waals surface area contributed by atoms with Gasteiger partial charge in [-0.15, -0.1) is 11.3 Å². The van der Waals surface area contributed by atoms with Crippen molar-refractivity contribution in [3.8, 4) is 10.6 Å². The maximum absolute atomic E-state index is 4.65. The lowest BCUT2D eigenvalue weighted by molar-refractivity contribution is 0.834. The van der Waals surface area contributed by atoms with Crippen LogP contribution in [0.5, 0.6) is 0 Å². The van der Waals surface area contributed by atoms with Crippen LogP contribution in [0.4, 0.5) is 5.69 Å². The molecule has 0 radical (unpaired) electrons. The molecule has 2 aromatic rings. The summed E-state index contributed by atoms with van der Waals surface area (Å²) in [4.78, 5) is 4.65. The molecule has 0 aliphatic heterocycles. The van der Waals surface area contributed by atoms with Crippen molar-refractivity contribution >= 4 is 17.0 Å². The normalized spacial score (nSPS) is 10.8. The first-order valence-corrected chi connectivity index (χ1v) is 6.32. The van der Waals surface area contributed by atoms with Crippen molar-refractivity contribution in [1.29, 1.82) is 0 Å². The Morgan fingerprint density at radius 2 is 2.12 bits per heavy atom. The third-order valence-corrected chi connectivity index (χ3v) is 3.42. The molecule has 16 heavy (non-hydrogen) atoms. The number of rotatable bonds is 3. The highest BCUT2D eigenvalue weighted by atomic mass is 32.1. The predicted octanol–water partition coefficient (Wildman–Crippen LogP) is 3.98. The lowest BCUT2D eigenvalue weighted by Gasteiger charge is -2.02. The molecule has 0 aliphatic rings. The molecule has 1 aromatic carbocycles. The highest BCUT2D eigenvalue weighted by Crippen LogP contribution is 2.28. The summed E-state index contributed by atoms with van der Waals surface area (Å²) >= 11 is 1.71. The van der Waals surface area contributed by atoms with E-state index < -0.39 is 0 Å². The van der Waals surface area contributed by atoms with Crippen LogP contribution < -0.4 is 5.32 Å². The first-order chi connectivity index (χ1) is 7.70. The highest BCUT2D eigenvalue weighted by molar-refractivity contribution is 7.13. The fourth-order valence-corrected chi connectivity index (χ4v) is 2.47. The van der Waals surface area contributed by atoms with Crippen LogP contribution in [0.25, 0.3) is 10.6 Å². The highest BCUT2D eigenvalue weighted by Gasteiger charge is 2.07. The second-order valence-corrected chi connectivity index (χ2v) is 4.92. The van der Waals surface area contributed by atoms with E-state index in [2.05, 4.69) is 53.8 Å². The van der Waals surface area contributed by atoms with Crippen LogP contribution in [0.3, 0.4) is 0 Å². The van der Waals surface area contributed by atoms with Gasteiger partial charge in [0, 0.05) is 23.7 Å². The second kappa shape index (κ2) is 4.66. The molecule has 2 rings (SSSR count). The fraction of sp³-hybridized carbons (Fsp3) is 0.308. The summed E-state index contributed by atoms with van der Waals surface area (Å²) in [7, 11) is 1.93. The molecular weight excluding hydrogens is 216 g/mol. The molecule has 0 saturated carbocycles. The van der Waals surface area contributed by atoms with E-state index in [-0.39, 0.29) is 0 Å². The van der Waals surface area contributed by atoms with Crippen molar-refractivity contribution in [2.45, 2.75) is 19.8 Å². The summed E-state index contributed by atoms with van der Waals surface area (Å²) in [5.41, 5.74) is 3.48. The van der Waals surface area contributed by atoms with Crippen LogP contribution in [0, 0.1) is 0 Å². The van der Waals surface area contributed by atoms with Crippen molar-refractivity contribution in [2.75, 3.05) is 12.4 Å². The van der Waals surface area contributed by atoms with E-state index >= 15 is 0 Å². The van der Waals surface area contributed by atoms with E-state index in [0.717, 1.165) is 10.7 Å². The maximum atomic E-state index is 4.65. The van der Waals surface area contributed by atoms with Crippen LogP contribution in [0.15, 0.2) is 29.6 Å². The monoisotopic (exact) mass is 232 g/mol. The van der Waals surface area contributed by atoms with Gasteiger partial charge in [0.1, 0.15) is 5.01 Å². The number of aromatic nitrogens is 1. The number of anilines is 1. The minimum atomic E-state index is 0.498. The maximum Gasteiger partial charge on any atom is 0.123 e. The minimum Gasteiger partial charge on any atom is -0.388 e.